The molecule has 15 heavy (non-hydrogen) atoms. The van der Waals surface area contributed by atoms with Gasteiger partial charge in [-0.25, -0.2) is 0 Å². The zero-order chi connectivity index (χ0) is 10.7. The topological polar surface area (TPSA) is 104 Å². The number of oxime groups is 1. The second-order valence-electron chi connectivity index (χ2n) is 2.78. The first kappa shape index (κ1) is 13.2. The van der Waals surface area contributed by atoms with E-state index >= 15 is 0 Å². The number of halogens is 1. The number of nitrogens with zero attached hydrogens (tertiary/aromatic N) is 5. The number of aryl methyl sites for hydroxylation is 1. The molecular formula is C7H11ClN6O. The summed E-state index contributed by atoms with van der Waals surface area (Å²) in [5.41, 5.74) is -0.0174. The molecule has 0 unspecified atom stereocenters. The Morgan fingerprint density at radius 2 is 2.33 bits per heavy atom. The van der Waals surface area contributed by atoms with Crippen molar-refractivity contribution in [3.63, 3.8) is 0 Å². The zero-order valence-corrected chi connectivity index (χ0v) is 9.10. The van der Waals surface area contributed by atoms with Gasteiger partial charge in [-0.15, -0.1) is 9.36 Å². The van der Waals surface area contributed by atoms with Crippen LogP contribution in [0.2, 0.25) is 0 Å². The van der Waals surface area contributed by atoms with Crippen molar-refractivity contribution in [2.24, 2.45) is 5.16 Å². The molecule has 0 bridgehead atoms. The first-order valence-corrected chi connectivity index (χ1v) is 3.92. The van der Waals surface area contributed by atoms with Gasteiger partial charge in [0.05, 0.1) is 0 Å². The van der Waals surface area contributed by atoms with Crippen molar-refractivity contribution in [1.82, 2.24) is 9.78 Å². The Hall–Kier alpha value is -1.81. The van der Waals surface area contributed by atoms with E-state index in [1.165, 1.54) is 9.36 Å². The number of nitrogens with two attached hydrogens (primary N) is 1. The number of aromatic nitrogens is 3. The van der Waals surface area contributed by atoms with Crippen molar-refractivity contribution >= 4 is 5.71 Å². The van der Waals surface area contributed by atoms with Gasteiger partial charge in [0.2, 0.25) is 0 Å². The Balaban J connectivity index is 0.00000196. The maximum atomic E-state index is 8.53. The first-order chi connectivity index (χ1) is 6.60. The van der Waals surface area contributed by atoms with Crippen LogP contribution >= 0.6 is 0 Å². The molecule has 0 aliphatic carbocycles. The van der Waals surface area contributed by atoms with Crippen LogP contribution < -0.4 is 22.9 Å². The van der Waals surface area contributed by atoms with Crippen molar-refractivity contribution in [1.29, 1.82) is 5.26 Å². The van der Waals surface area contributed by atoms with E-state index in [0.717, 1.165) is 0 Å². The summed E-state index contributed by atoms with van der Waals surface area (Å²) < 4.78 is 2.89. The Labute approximate surface area is 92.8 Å². The number of hydrogen-bond acceptors (Lipinski definition) is 5. The van der Waals surface area contributed by atoms with Gasteiger partial charge >= 0.3 is 0 Å². The second kappa shape index (κ2) is 5.17. The molecule has 0 aliphatic rings. The average Bonchev–Trinajstić information content (AvgIpc) is 2.42. The Bertz CT molecular complexity index is 418. The summed E-state index contributed by atoms with van der Waals surface area (Å²) in [6, 6.07) is 1.75. The lowest BCUT2D eigenvalue weighted by atomic mass is 10.4. The highest BCUT2D eigenvalue weighted by molar-refractivity contribution is 5.97. The van der Waals surface area contributed by atoms with Crippen LogP contribution in [0.3, 0.4) is 0 Å². The third kappa shape index (κ3) is 2.57. The Kier molecular flexibility index (Phi) is 4.54. The summed E-state index contributed by atoms with van der Waals surface area (Å²) in [7, 11) is 0. The largest absolute Gasteiger partial charge is 1.00 e. The zero-order valence-electron chi connectivity index (χ0n) is 8.35. The molecule has 7 nitrogen and oxygen atoms in total. The van der Waals surface area contributed by atoms with Crippen molar-refractivity contribution in [3.05, 3.63) is 11.6 Å². The molecular weight excluding hydrogens is 220 g/mol. The van der Waals surface area contributed by atoms with Gasteiger partial charge in [0, 0.05) is 18.9 Å². The SMILES string of the molecule is Cc1nn(C/C(C#N)=N\O)c(C)[n+]1N.[Cl-]. The van der Waals surface area contributed by atoms with Crippen LogP contribution in [0, 0.1) is 25.2 Å². The summed E-state index contributed by atoms with van der Waals surface area (Å²) in [6.07, 6.45) is 0. The molecule has 0 fully saturated rings. The molecule has 1 aromatic heterocycles. The predicted molar refractivity (Wildman–Crippen MR) is 46.9 cm³/mol. The van der Waals surface area contributed by atoms with Gasteiger partial charge in [-0.2, -0.15) is 5.26 Å². The molecule has 82 valence electrons. The molecule has 0 aliphatic heterocycles. The molecule has 0 radical (unpaired) electrons. The summed E-state index contributed by atoms with van der Waals surface area (Å²) in [4.78, 5) is 0. The van der Waals surface area contributed by atoms with Crippen LogP contribution in [-0.4, -0.2) is 20.7 Å². The van der Waals surface area contributed by atoms with Gasteiger partial charge in [-0.1, -0.05) is 5.16 Å². The standard InChI is InChI=1S/C7H10N6O.ClH/c1-5-10-12(6(2)13(5)9)4-7(3-8)11-14;/h4,9H2,1-2H3;1H/b11-7-;. The van der Waals surface area contributed by atoms with E-state index in [1.54, 1.807) is 19.9 Å². The third-order valence-corrected chi connectivity index (χ3v) is 1.89. The lowest BCUT2D eigenvalue weighted by molar-refractivity contribution is -0.652. The number of nitriles is 1. The van der Waals surface area contributed by atoms with Crippen molar-refractivity contribution in [3.8, 4) is 6.07 Å². The van der Waals surface area contributed by atoms with Crippen molar-refractivity contribution in [2.45, 2.75) is 20.4 Å². The van der Waals surface area contributed by atoms with E-state index in [9.17, 15) is 0 Å². The van der Waals surface area contributed by atoms with Gasteiger partial charge in [-0.3, -0.25) is 5.84 Å². The maximum Gasteiger partial charge on any atom is 0.295 e. The maximum absolute atomic E-state index is 8.53. The Morgan fingerprint density at radius 1 is 1.73 bits per heavy atom. The fraction of sp³-hybridized carbons (Fsp3) is 0.429. The summed E-state index contributed by atoms with van der Waals surface area (Å²) in [6.45, 7) is 3.61. The van der Waals surface area contributed by atoms with Crippen molar-refractivity contribution < 1.29 is 22.3 Å². The average molecular weight is 231 g/mol. The van der Waals surface area contributed by atoms with Crippen LogP contribution in [-0.2, 0) is 6.54 Å². The molecule has 0 saturated carbocycles. The molecule has 0 saturated heterocycles. The quantitative estimate of drug-likeness (QED) is 0.177. The lowest BCUT2D eigenvalue weighted by Gasteiger charge is -1.91. The van der Waals surface area contributed by atoms with Gasteiger partial charge in [0.1, 0.15) is 6.07 Å². The molecule has 1 heterocycles. The number of nitrogen functional groups attached to an aromatic ring is 1. The van der Waals surface area contributed by atoms with Gasteiger partial charge in [0.15, 0.2) is 12.3 Å². The van der Waals surface area contributed by atoms with E-state index in [4.69, 9.17) is 16.3 Å². The van der Waals surface area contributed by atoms with Gasteiger partial charge < -0.3 is 17.6 Å². The third-order valence-electron chi connectivity index (χ3n) is 1.89. The minimum absolute atomic E-state index is 0. The normalized spacial score (nSPS) is 10.6. The molecule has 0 atom stereocenters. The van der Waals surface area contributed by atoms with E-state index in [0.29, 0.717) is 11.6 Å². The Morgan fingerprint density at radius 3 is 2.67 bits per heavy atom. The molecule has 0 aromatic carbocycles. The first-order valence-electron chi connectivity index (χ1n) is 3.92. The van der Waals surface area contributed by atoms with E-state index < -0.39 is 0 Å². The minimum Gasteiger partial charge on any atom is -1.00 e. The highest BCUT2D eigenvalue weighted by Gasteiger charge is 2.18. The van der Waals surface area contributed by atoms with E-state index in [1.807, 2.05) is 0 Å². The lowest BCUT2D eigenvalue weighted by Crippen LogP contribution is -3.00. The fourth-order valence-electron chi connectivity index (χ4n) is 1.03. The minimum atomic E-state index is -0.0174. The fourth-order valence-corrected chi connectivity index (χ4v) is 1.03. The molecule has 0 spiro atoms. The molecule has 1 aromatic rings. The van der Waals surface area contributed by atoms with Gasteiger partial charge in [-0.05, 0) is 0 Å². The van der Waals surface area contributed by atoms with Gasteiger partial charge in [0.25, 0.3) is 11.6 Å². The van der Waals surface area contributed by atoms with Crippen LogP contribution in [0.25, 0.3) is 0 Å². The monoisotopic (exact) mass is 230 g/mol. The molecule has 0 amide bonds. The highest BCUT2D eigenvalue weighted by atomic mass is 35.5. The number of hydrogen-bond donors (Lipinski definition) is 2. The highest BCUT2D eigenvalue weighted by Crippen LogP contribution is 1.92. The predicted octanol–water partition coefficient (Wildman–Crippen LogP) is -4.14. The van der Waals surface area contributed by atoms with Crippen LogP contribution in [0.4, 0.5) is 0 Å². The summed E-state index contributed by atoms with van der Waals surface area (Å²) in [5, 5.41) is 23.9. The van der Waals surface area contributed by atoms with E-state index in [2.05, 4.69) is 10.3 Å². The molecule has 3 N–H and O–H groups in total. The van der Waals surface area contributed by atoms with Crippen molar-refractivity contribution in [2.75, 3.05) is 5.84 Å². The number of rotatable bonds is 2. The molecule has 8 heteroatoms. The van der Waals surface area contributed by atoms with Crippen LogP contribution in [0.5, 0.6) is 0 Å². The van der Waals surface area contributed by atoms with E-state index in [-0.39, 0.29) is 24.7 Å². The van der Waals surface area contributed by atoms with Crippen LogP contribution in [0.15, 0.2) is 5.16 Å². The van der Waals surface area contributed by atoms with Crippen LogP contribution in [0.1, 0.15) is 11.6 Å². The summed E-state index contributed by atoms with van der Waals surface area (Å²) >= 11 is 0. The molecule has 1 rings (SSSR count). The second-order valence-corrected chi connectivity index (χ2v) is 2.78. The smallest absolute Gasteiger partial charge is 0.295 e. The summed E-state index contributed by atoms with van der Waals surface area (Å²) in [5.74, 6) is 6.91.